The van der Waals surface area contributed by atoms with Crippen molar-refractivity contribution < 1.29 is 17.9 Å². The van der Waals surface area contributed by atoms with Gasteiger partial charge in [-0.1, -0.05) is 30.3 Å². The molecule has 0 aliphatic carbocycles. The van der Waals surface area contributed by atoms with Crippen LogP contribution in [0.15, 0.2) is 52.0 Å². The number of furan rings is 1. The Balaban J connectivity index is 1.32. The Kier molecular flexibility index (Phi) is 5.87. The molecule has 1 unspecified atom stereocenters. The van der Waals surface area contributed by atoms with Gasteiger partial charge in [-0.05, 0) is 62.4 Å². The lowest BCUT2D eigenvalue weighted by molar-refractivity contribution is 0.0545. The summed E-state index contributed by atoms with van der Waals surface area (Å²) in [5.74, 6) is 0.932. The summed E-state index contributed by atoms with van der Waals surface area (Å²) < 4.78 is 32.4. The van der Waals surface area contributed by atoms with Gasteiger partial charge < -0.3 is 9.52 Å². The second-order valence-corrected chi connectivity index (χ2v) is 9.67. The van der Waals surface area contributed by atoms with Gasteiger partial charge in [0.2, 0.25) is 5.09 Å². The average Bonchev–Trinajstić information content (AvgIpc) is 3.42. The number of aliphatic hydroxyl groups excluding tert-OH is 1. The number of nitrogens with zero attached hydrogens (tertiary/aromatic N) is 2. The Morgan fingerprint density at radius 2 is 1.68 bits per heavy atom. The first kappa shape index (κ1) is 19.6. The standard InChI is InChI=1S/C21H28N2O4S/c24-21(17-6-2-1-3-7-17)18-10-14-22(15-11-18)16-19-8-9-20(27-19)28(25,26)23-12-4-5-13-23/h1-3,6-9,18,21,24H,4-5,10-16H2. The normalized spacial score (nSPS) is 21.2. The SMILES string of the molecule is O=S(=O)(c1ccc(CN2CCC(C(O)c3ccccc3)CC2)o1)N1CCCC1. The Hall–Kier alpha value is -1.67. The van der Waals surface area contributed by atoms with E-state index in [1.54, 1.807) is 12.1 Å². The molecule has 0 saturated carbocycles. The Labute approximate surface area is 166 Å². The van der Waals surface area contributed by atoms with E-state index in [4.69, 9.17) is 4.42 Å². The fourth-order valence-corrected chi connectivity index (χ4v) is 5.65. The molecule has 7 heteroatoms. The summed E-state index contributed by atoms with van der Waals surface area (Å²) in [7, 11) is -3.49. The second-order valence-electron chi connectivity index (χ2n) is 7.80. The van der Waals surface area contributed by atoms with Gasteiger partial charge in [0.05, 0.1) is 12.6 Å². The van der Waals surface area contributed by atoms with Crippen molar-refractivity contribution in [1.29, 1.82) is 0 Å². The number of likely N-dealkylation sites (tertiary alicyclic amines) is 1. The summed E-state index contributed by atoms with van der Waals surface area (Å²) in [6, 6.07) is 13.2. The smallest absolute Gasteiger partial charge is 0.276 e. The lowest BCUT2D eigenvalue weighted by Crippen LogP contribution is -2.35. The van der Waals surface area contributed by atoms with E-state index >= 15 is 0 Å². The highest BCUT2D eigenvalue weighted by atomic mass is 32.2. The molecule has 1 N–H and O–H groups in total. The van der Waals surface area contributed by atoms with Crippen LogP contribution in [-0.4, -0.2) is 48.9 Å². The molecule has 0 amide bonds. The maximum absolute atomic E-state index is 12.6. The zero-order valence-corrected chi connectivity index (χ0v) is 16.9. The highest BCUT2D eigenvalue weighted by molar-refractivity contribution is 7.89. The molecular formula is C21H28N2O4S. The third kappa shape index (κ3) is 4.17. The molecule has 2 fully saturated rings. The first-order chi connectivity index (χ1) is 13.5. The monoisotopic (exact) mass is 404 g/mol. The first-order valence-corrected chi connectivity index (χ1v) is 11.5. The third-order valence-corrected chi connectivity index (χ3v) is 7.67. The Morgan fingerprint density at radius 1 is 1.00 bits per heavy atom. The summed E-state index contributed by atoms with van der Waals surface area (Å²) in [5, 5.41) is 10.7. The third-order valence-electron chi connectivity index (χ3n) is 5.90. The summed E-state index contributed by atoms with van der Waals surface area (Å²) in [6.07, 6.45) is 3.22. The van der Waals surface area contributed by atoms with Crippen molar-refractivity contribution in [1.82, 2.24) is 9.21 Å². The van der Waals surface area contributed by atoms with Gasteiger partial charge in [0.1, 0.15) is 5.76 Å². The molecule has 1 aromatic heterocycles. The van der Waals surface area contributed by atoms with Crippen LogP contribution in [0.5, 0.6) is 0 Å². The predicted octanol–water partition coefficient (Wildman–Crippen LogP) is 3.01. The van der Waals surface area contributed by atoms with Crippen LogP contribution in [0.1, 0.15) is 43.1 Å². The van der Waals surface area contributed by atoms with Crippen LogP contribution in [-0.2, 0) is 16.6 Å². The van der Waals surface area contributed by atoms with Crippen LogP contribution in [0, 0.1) is 5.92 Å². The Bertz CT molecular complexity index is 867. The number of aliphatic hydroxyl groups is 1. The molecule has 28 heavy (non-hydrogen) atoms. The van der Waals surface area contributed by atoms with Crippen molar-refractivity contribution in [2.24, 2.45) is 5.92 Å². The molecule has 1 aromatic carbocycles. The van der Waals surface area contributed by atoms with E-state index in [2.05, 4.69) is 4.90 Å². The predicted molar refractivity (Wildman–Crippen MR) is 106 cm³/mol. The molecule has 0 bridgehead atoms. The second kappa shape index (κ2) is 8.37. The summed E-state index contributed by atoms with van der Waals surface area (Å²) in [4.78, 5) is 2.26. The highest BCUT2D eigenvalue weighted by Crippen LogP contribution is 2.31. The summed E-state index contributed by atoms with van der Waals surface area (Å²) >= 11 is 0. The molecule has 2 aromatic rings. The van der Waals surface area contributed by atoms with Gasteiger partial charge in [-0.25, -0.2) is 8.42 Å². The fourth-order valence-electron chi connectivity index (χ4n) is 4.21. The minimum Gasteiger partial charge on any atom is -0.447 e. The van der Waals surface area contributed by atoms with Gasteiger partial charge in [0.15, 0.2) is 0 Å². The molecule has 0 spiro atoms. The zero-order valence-electron chi connectivity index (χ0n) is 16.0. The molecule has 3 heterocycles. The molecular weight excluding hydrogens is 376 g/mol. The number of piperidine rings is 1. The maximum Gasteiger partial charge on any atom is 0.276 e. The number of rotatable bonds is 6. The van der Waals surface area contributed by atoms with E-state index < -0.39 is 16.1 Å². The maximum atomic E-state index is 12.6. The van der Waals surface area contributed by atoms with Gasteiger partial charge in [-0.3, -0.25) is 4.90 Å². The van der Waals surface area contributed by atoms with Crippen LogP contribution in [0.2, 0.25) is 0 Å². The van der Waals surface area contributed by atoms with E-state index in [0.29, 0.717) is 25.4 Å². The van der Waals surface area contributed by atoms with Crippen LogP contribution in [0.4, 0.5) is 0 Å². The van der Waals surface area contributed by atoms with Gasteiger partial charge in [-0.15, -0.1) is 0 Å². The van der Waals surface area contributed by atoms with Crippen molar-refractivity contribution in [3.63, 3.8) is 0 Å². The lowest BCUT2D eigenvalue weighted by atomic mass is 9.87. The fraction of sp³-hybridized carbons (Fsp3) is 0.524. The van der Waals surface area contributed by atoms with Crippen LogP contribution in [0.3, 0.4) is 0 Å². The van der Waals surface area contributed by atoms with Gasteiger partial charge >= 0.3 is 0 Å². The number of hydrogen-bond donors (Lipinski definition) is 1. The van der Waals surface area contributed by atoms with E-state index in [-0.39, 0.29) is 11.0 Å². The number of hydrogen-bond acceptors (Lipinski definition) is 5. The summed E-state index contributed by atoms with van der Waals surface area (Å²) in [5.41, 5.74) is 0.976. The topological polar surface area (TPSA) is 74.0 Å². The number of benzene rings is 1. The van der Waals surface area contributed by atoms with E-state index in [9.17, 15) is 13.5 Å². The average molecular weight is 405 g/mol. The number of sulfonamides is 1. The van der Waals surface area contributed by atoms with E-state index in [0.717, 1.165) is 44.3 Å². The van der Waals surface area contributed by atoms with Crippen molar-refractivity contribution in [3.8, 4) is 0 Å². The molecule has 1 atom stereocenters. The largest absolute Gasteiger partial charge is 0.447 e. The molecule has 152 valence electrons. The van der Waals surface area contributed by atoms with Crippen molar-refractivity contribution in [2.75, 3.05) is 26.2 Å². The van der Waals surface area contributed by atoms with Crippen LogP contribution >= 0.6 is 0 Å². The minimum atomic E-state index is -3.49. The molecule has 2 saturated heterocycles. The zero-order chi connectivity index (χ0) is 19.6. The molecule has 4 rings (SSSR count). The molecule has 6 nitrogen and oxygen atoms in total. The van der Waals surface area contributed by atoms with Crippen molar-refractivity contribution in [3.05, 3.63) is 53.8 Å². The van der Waals surface area contributed by atoms with Crippen LogP contribution < -0.4 is 0 Å². The van der Waals surface area contributed by atoms with Crippen molar-refractivity contribution in [2.45, 2.75) is 43.4 Å². The van der Waals surface area contributed by atoms with Gasteiger partial charge in [-0.2, -0.15) is 4.31 Å². The highest BCUT2D eigenvalue weighted by Gasteiger charge is 2.31. The lowest BCUT2D eigenvalue weighted by Gasteiger charge is -2.33. The summed E-state index contributed by atoms with van der Waals surface area (Å²) in [6.45, 7) is 3.49. The van der Waals surface area contributed by atoms with Gasteiger partial charge in [0.25, 0.3) is 10.0 Å². The van der Waals surface area contributed by atoms with E-state index in [1.165, 1.54) is 4.31 Å². The van der Waals surface area contributed by atoms with E-state index in [1.807, 2.05) is 30.3 Å². The van der Waals surface area contributed by atoms with Crippen LogP contribution in [0.25, 0.3) is 0 Å². The Morgan fingerprint density at radius 3 is 2.36 bits per heavy atom. The minimum absolute atomic E-state index is 0.0544. The first-order valence-electron chi connectivity index (χ1n) is 10.1. The van der Waals surface area contributed by atoms with Crippen molar-refractivity contribution >= 4 is 10.0 Å². The molecule has 0 radical (unpaired) electrons. The molecule has 2 aliphatic heterocycles. The molecule has 2 aliphatic rings. The quantitative estimate of drug-likeness (QED) is 0.801. The van der Waals surface area contributed by atoms with Gasteiger partial charge in [0, 0.05) is 13.1 Å².